The molecule has 1 fully saturated rings. The molecule has 1 aliphatic rings. The highest BCUT2D eigenvalue weighted by molar-refractivity contribution is 8.00. The van der Waals surface area contributed by atoms with Gasteiger partial charge in [0.15, 0.2) is 10.3 Å². The quantitative estimate of drug-likeness (QED) is 0.914. The summed E-state index contributed by atoms with van der Waals surface area (Å²) >= 11 is 13.7. The molecule has 6 heteroatoms. The standard InChI is InChI=1S/C11H15Cl2N3S/c1-17-11(4-2-3-5-11)7-14-8-6-9(12)15-16-10(8)13/h6H,2-5,7H2,1H3,(H,14,15). The molecule has 1 aromatic rings. The fourth-order valence-corrected chi connectivity index (χ4v) is 3.43. The minimum atomic E-state index is 0.332. The van der Waals surface area contributed by atoms with Gasteiger partial charge in [0, 0.05) is 17.4 Å². The molecule has 0 unspecified atom stereocenters. The lowest BCUT2D eigenvalue weighted by Gasteiger charge is -2.27. The minimum Gasteiger partial charge on any atom is -0.381 e. The van der Waals surface area contributed by atoms with Crippen LogP contribution in [-0.4, -0.2) is 27.7 Å². The number of rotatable bonds is 4. The summed E-state index contributed by atoms with van der Waals surface area (Å²) in [5.74, 6) is 0. The van der Waals surface area contributed by atoms with Gasteiger partial charge in [0.1, 0.15) is 0 Å². The molecule has 1 aromatic heterocycles. The molecule has 0 bridgehead atoms. The van der Waals surface area contributed by atoms with E-state index in [1.165, 1.54) is 25.7 Å². The van der Waals surface area contributed by atoms with Crippen LogP contribution in [0.25, 0.3) is 0 Å². The lowest BCUT2D eigenvalue weighted by atomic mass is 10.1. The van der Waals surface area contributed by atoms with Crippen molar-refractivity contribution in [1.82, 2.24) is 10.2 Å². The van der Waals surface area contributed by atoms with Crippen LogP contribution in [0, 0.1) is 0 Å². The Kier molecular flexibility index (Phi) is 4.39. The van der Waals surface area contributed by atoms with Crippen molar-refractivity contribution in [3.05, 3.63) is 16.4 Å². The summed E-state index contributed by atoms with van der Waals surface area (Å²) in [6.45, 7) is 0.899. The molecule has 0 aromatic carbocycles. The van der Waals surface area contributed by atoms with E-state index in [2.05, 4.69) is 21.8 Å². The van der Waals surface area contributed by atoms with Gasteiger partial charge in [-0.25, -0.2) is 0 Å². The van der Waals surface area contributed by atoms with Gasteiger partial charge in [-0.2, -0.15) is 11.8 Å². The lowest BCUT2D eigenvalue weighted by Crippen LogP contribution is -2.30. The first-order valence-electron chi connectivity index (χ1n) is 5.63. The third kappa shape index (κ3) is 3.18. The summed E-state index contributed by atoms with van der Waals surface area (Å²) in [7, 11) is 0. The zero-order chi connectivity index (χ0) is 12.3. The number of aromatic nitrogens is 2. The molecule has 1 heterocycles. The first-order chi connectivity index (χ1) is 8.15. The number of nitrogens with zero attached hydrogens (tertiary/aromatic N) is 2. The van der Waals surface area contributed by atoms with Crippen molar-refractivity contribution in [3.8, 4) is 0 Å². The molecular weight excluding hydrogens is 277 g/mol. The zero-order valence-electron chi connectivity index (χ0n) is 9.67. The number of hydrogen-bond donors (Lipinski definition) is 1. The smallest absolute Gasteiger partial charge is 0.174 e. The van der Waals surface area contributed by atoms with Gasteiger partial charge in [-0.05, 0) is 19.1 Å². The van der Waals surface area contributed by atoms with Gasteiger partial charge < -0.3 is 5.32 Å². The summed E-state index contributed by atoms with van der Waals surface area (Å²) < 4.78 is 0.332. The van der Waals surface area contributed by atoms with E-state index in [1.54, 1.807) is 6.07 Å². The average molecular weight is 292 g/mol. The van der Waals surface area contributed by atoms with Gasteiger partial charge >= 0.3 is 0 Å². The highest BCUT2D eigenvalue weighted by Gasteiger charge is 2.32. The van der Waals surface area contributed by atoms with Crippen molar-refractivity contribution in [3.63, 3.8) is 0 Å². The molecule has 0 saturated heterocycles. The van der Waals surface area contributed by atoms with E-state index in [0.717, 1.165) is 12.2 Å². The Morgan fingerprint density at radius 2 is 2.06 bits per heavy atom. The van der Waals surface area contributed by atoms with Gasteiger partial charge in [-0.3, -0.25) is 0 Å². The highest BCUT2D eigenvalue weighted by Crippen LogP contribution is 2.40. The minimum absolute atomic E-state index is 0.332. The van der Waals surface area contributed by atoms with Crippen molar-refractivity contribution in [1.29, 1.82) is 0 Å². The van der Waals surface area contributed by atoms with Crippen LogP contribution in [0.15, 0.2) is 6.07 Å². The van der Waals surface area contributed by atoms with Crippen molar-refractivity contribution in [2.45, 2.75) is 30.4 Å². The van der Waals surface area contributed by atoms with Crippen molar-refractivity contribution in [2.24, 2.45) is 0 Å². The van der Waals surface area contributed by atoms with Gasteiger partial charge in [0.05, 0.1) is 5.69 Å². The molecule has 1 saturated carbocycles. The topological polar surface area (TPSA) is 37.8 Å². The second kappa shape index (κ2) is 5.63. The lowest BCUT2D eigenvalue weighted by molar-refractivity contribution is 0.639. The molecule has 0 atom stereocenters. The monoisotopic (exact) mass is 291 g/mol. The fourth-order valence-electron chi connectivity index (χ4n) is 2.21. The number of thioether (sulfide) groups is 1. The van der Waals surface area contributed by atoms with Gasteiger partial charge in [0.25, 0.3) is 0 Å². The molecule has 0 aliphatic heterocycles. The normalized spacial score (nSPS) is 18.3. The summed E-state index contributed by atoms with van der Waals surface area (Å²) in [5.41, 5.74) is 0.770. The Bertz CT molecular complexity index is 394. The van der Waals surface area contributed by atoms with Gasteiger partial charge in [-0.1, -0.05) is 36.0 Å². The highest BCUT2D eigenvalue weighted by atomic mass is 35.5. The molecule has 17 heavy (non-hydrogen) atoms. The van der Waals surface area contributed by atoms with E-state index >= 15 is 0 Å². The van der Waals surface area contributed by atoms with Crippen LogP contribution < -0.4 is 5.32 Å². The molecule has 1 N–H and O–H groups in total. The van der Waals surface area contributed by atoms with E-state index < -0.39 is 0 Å². The van der Waals surface area contributed by atoms with Crippen molar-refractivity contribution in [2.75, 3.05) is 18.1 Å². The number of nitrogens with one attached hydrogen (secondary N) is 1. The Hall–Kier alpha value is -0.190. The molecule has 1 aliphatic carbocycles. The molecule has 0 spiro atoms. The van der Waals surface area contributed by atoms with Crippen LogP contribution in [0.5, 0.6) is 0 Å². The number of hydrogen-bond acceptors (Lipinski definition) is 4. The predicted octanol–water partition coefficient (Wildman–Crippen LogP) is 3.87. The van der Waals surface area contributed by atoms with E-state index in [-0.39, 0.29) is 0 Å². The van der Waals surface area contributed by atoms with Crippen LogP contribution in [0.1, 0.15) is 25.7 Å². The SMILES string of the molecule is CSC1(CNc2cc(Cl)nnc2Cl)CCCC1. The average Bonchev–Trinajstić information content (AvgIpc) is 2.80. The Balaban J connectivity index is 2.03. The Morgan fingerprint density at radius 1 is 1.35 bits per heavy atom. The summed E-state index contributed by atoms with van der Waals surface area (Å²) in [6.07, 6.45) is 7.31. The van der Waals surface area contributed by atoms with Crippen molar-refractivity contribution < 1.29 is 0 Å². The van der Waals surface area contributed by atoms with Gasteiger partial charge in [-0.15, -0.1) is 10.2 Å². The Morgan fingerprint density at radius 3 is 2.71 bits per heavy atom. The molecule has 94 valence electrons. The third-order valence-corrected chi connectivity index (χ3v) is 5.15. The van der Waals surface area contributed by atoms with Crippen LogP contribution in [0.3, 0.4) is 0 Å². The maximum absolute atomic E-state index is 5.97. The maximum atomic E-state index is 5.97. The van der Waals surface area contributed by atoms with E-state index in [9.17, 15) is 0 Å². The second-order valence-electron chi connectivity index (χ2n) is 4.32. The van der Waals surface area contributed by atoms with Gasteiger partial charge in [0.2, 0.25) is 0 Å². The van der Waals surface area contributed by atoms with Crippen LogP contribution in [0.2, 0.25) is 10.3 Å². The van der Waals surface area contributed by atoms with Crippen LogP contribution in [0.4, 0.5) is 5.69 Å². The largest absolute Gasteiger partial charge is 0.381 e. The molecular formula is C11H15Cl2N3S. The van der Waals surface area contributed by atoms with Crippen molar-refractivity contribution >= 4 is 40.7 Å². The first kappa shape index (κ1) is 13.2. The van der Waals surface area contributed by atoms with Crippen LogP contribution in [-0.2, 0) is 0 Å². The molecule has 3 nitrogen and oxygen atoms in total. The first-order valence-corrected chi connectivity index (χ1v) is 7.61. The maximum Gasteiger partial charge on any atom is 0.174 e. The summed E-state index contributed by atoms with van der Waals surface area (Å²) in [4.78, 5) is 0. The van der Waals surface area contributed by atoms with E-state index in [0.29, 0.717) is 15.1 Å². The van der Waals surface area contributed by atoms with E-state index in [1.807, 2.05) is 11.8 Å². The summed E-state index contributed by atoms with van der Waals surface area (Å²) in [5, 5.41) is 11.6. The Labute approximate surface area is 116 Å². The second-order valence-corrected chi connectivity index (χ2v) is 6.34. The molecule has 0 amide bonds. The molecule has 0 radical (unpaired) electrons. The number of anilines is 1. The molecule has 2 rings (SSSR count). The zero-order valence-corrected chi connectivity index (χ0v) is 12.0. The number of halogens is 2. The van der Waals surface area contributed by atoms with E-state index in [4.69, 9.17) is 23.2 Å². The van der Waals surface area contributed by atoms with Crippen LogP contribution >= 0.6 is 35.0 Å². The summed E-state index contributed by atoms with van der Waals surface area (Å²) in [6, 6.07) is 1.72. The fraction of sp³-hybridized carbons (Fsp3) is 0.636. The predicted molar refractivity (Wildman–Crippen MR) is 75.3 cm³/mol. The third-order valence-electron chi connectivity index (χ3n) is 3.27.